The Bertz CT molecular complexity index is 718. The van der Waals surface area contributed by atoms with Gasteiger partial charge in [0.25, 0.3) is 5.91 Å². The van der Waals surface area contributed by atoms with E-state index in [1.54, 1.807) is 6.07 Å². The van der Waals surface area contributed by atoms with Crippen molar-refractivity contribution in [2.24, 2.45) is 10.2 Å². The van der Waals surface area contributed by atoms with Crippen LogP contribution in [0, 0.1) is 0 Å². The van der Waals surface area contributed by atoms with E-state index in [4.69, 9.17) is 0 Å². The molecule has 2 aliphatic heterocycles. The summed E-state index contributed by atoms with van der Waals surface area (Å²) >= 11 is 0. The molecule has 3 heterocycles. The summed E-state index contributed by atoms with van der Waals surface area (Å²) in [6.07, 6.45) is 5.63. The molecule has 104 valence electrons. The van der Waals surface area contributed by atoms with Crippen molar-refractivity contribution in [2.75, 3.05) is 5.32 Å². The molecule has 2 bridgehead atoms. The maximum Gasteiger partial charge on any atom is 0.255 e. The number of aromatic nitrogens is 1. The van der Waals surface area contributed by atoms with Gasteiger partial charge in [-0.1, -0.05) is 23.7 Å². The highest BCUT2D eigenvalue weighted by atomic mass is 16.1. The SMILES string of the molecule is C/C=C1/BC2C=NN=C2c2cccc(n2)NC(=O)/C1=C/C. The van der Waals surface area contributed by atoms with Crippen LogP contribution >= 0.6 is 0 Å². The predicted molar refractivity (Wildman–Crippen MR) is 86.3 cm³/mol. The van der Waals surface area contributed by atoms with Gasteiger partial charge in [-0.2, -0.15) is 10.2 Å². The molecule has 0 aromatic carbocycles. The largest absolute Gasteiger partial charge is 0.307 e. The number of nitrogens with one attached hydrogen (secondary N) is 1. The Balaban J connectivity index is 2.13. The average molecular weight is 278 g/mol. The van der Waals surface area contributed by atoms with Crippen molar-refractivity contribution in [3.05, 3.63) is 47.1 Å². The Hall–Kier alpha value is -2.50. The van der Waals surface area contributed by atoms with E-state index < -0.39 is 0 Å². The van der Waals surface area contributed by atoms with Gasteiger partial charge in [0, 0.05) is 17.6 Å². The lowest BCUT2D eigenvalue weighted by molar-refractivity contribution is -0.112. The Morgan fingerprint density at radius 1 is 1.29 bits per heavy atom. The second-order valence-electron chi connectivity index (χ2n) is 4.94. The number of allylic oxidation sites excluding steroid dienone is 2. The van der Waals surface area contributed by atoms with Crippen LogP contribution in [0.15, 0.2) is 51.6 Å². The minimum atomic E-state index is -0.134. The van der Waals surface area contributed by atoms with E-state index in [1.807, 2.05) is 44.3 Å². The number of carbonyl (C=O) groups is 1. The molecular formula is C15H15BN4O. The van der Waals surface area contributed by atoms with Crippen LogP contribution in [0.1, 0.15) is 19.5 Å². The molecule has 0 radical (unpaired) electrons. The summed E-state index contributed by atoms with van der Waals surface area (Å²) in [6.45, 7) is 3.81. The fraction of sp³-hybridized carbons (Fsp3) is 0.200. The van der Waals surface area contributed by atoms with E-state index in [9.17, 15) is 4.79 Å². The second-order valence-corrected chi connectivity index (χ2v) is 4.94. The van der Waals surface area contributed by atoms with E-state index in [1.165, 1.54) is 0 Å². The van der Waals surface area contributed by atoms with E-state index in [-0.39, 0.29) is 11.7 Å². The Morgan fingerprint density at radius 3 is 2.90 bits per heavy atom. The lowest BCUT2D eigenvalue weighted by atomic mass is 9.55. The first-order valence-electron chi connectivity index (χ1n) is 6.94. The van der Waals surface area contributed by atoms with E-state index in [0.717, 1.165) is 16.9 Å². The Morgan fingerprint density at radius 2 is 2.14 bits per heavy atom. The third kappa shape index (κ3) is 2.44. The molecule has 1 unspecified atom stereocenters. The lowest BCUT2D eigenvalue weighted by Crippen LogP contribution is -2.25. The Kier molecular flexibility index (Phi) is 3.52. The Labute approximate surface area is 123 Å². The zero-order chi connectivity index (χ0) is 14.8. The maximum atomic E-state index is 12.4. The normalized spacial score (nSPS) is 24.4. The summed E-state index contributed by atoms with van der Waals surface area (Å²) in [5, 5.41) is 11.1. The third-order valence-corrected chi connectivity index (χ3v) is 3.68. The first-order chi connectivity index (χ1) is 10.2. The quantitative estimate of drug-likeness (QED) is 0.581. The fourth-order valence-corrected chi connectivity index (χ4v) is 2.62. The third-order valence-electron chi connectivity index (χ3n) is 3.68. The van der Waals surface area contributed by atoms with Crippen molar-refractivity contribution >= 4 is 30.9 Å². The van der Waals surface area contributed by atoms with Gasteiger partial charge in [0.15, 0.2) is 7.28 Å². The van der Waals surface area contributed by atoms with Gasteiger partial charge in [0.2, 0.25) is 0 Å². The van der Waals surface area contributed by atoms with Gasteiger partial charge >= 0.3 is 0 Å². The molecule has 5 nitrogen and oxygen atoms in total. The molecule has 1 amide bonds. The van der Waals surface area contributed by atoms with Gasteiger partial charge in [-0.25, -0.2) is 4.98 Å². The molecule has 1 N–H and O–H groups in total. The van der Waals surface area contributed by atoms with Gasteiger partial charge in [-0.3, -0.25) is 4.79 Å². The number of hydrogen-bond donors (Lipinski definition) is 1. The van der Waals surface area contributed by atoms with Crippen molar-refractivity contribution in [3.8, 4) is 0 Å². The molecule has 1 atom stereocenters. The molecule has 0 saturated carbocycles. The van der Waals surface area contributed by atoms with Crippen LogP contribution in [0.25, 0.3) is 0 Å². The molecule has 21 heavy (non-hydrogen) atoms. The van der Waals surface area contributed by atoms with Gasteiger partial charge in [0.1, 0.15) is 5.82 Å². The van der Waals surface area contributed by atoms with E-state index >= 15 is 0 Å². The minimum absolute atomic E-state index is 0.0554. The van der Waals surface area contributed by atoms with Crippen LogP contribution in [0.5, 0.6) is 0 Å². The predicted octanol–water partition coefficient (Wildman–Crippen LogP) is 1.90. The van der Waals surface area contributed by atoms with Crippen LogP contribution in [0.4, 0.5) is 5.82 Å². The highest BCUT2D eigenvalue weighted by molar-refractivity contribution is 6.61. The fourth-order valence-electron chi connectivity index (χ4n) is 2.62. The average Bonchev–Trinajstić information content (AvgIpc) is 2.94. The molecule has 3 rings (SSSR count). The zero-order valence-corrected chi connectivity index (χ0v) is 12.0. The molecule has 1 aromatic rings. The number of anilines is 1. The number of rotatable bonds is 0. The van der Waals surface area contributed by atoms with Crippen molar-refractivity contribution in [2.45, 2.75) is 19.7 Å². The first kappa shape index (κ1) is 13.5. The van der Waals surface area contributed by atoms with Crippen molar-refractivity contribution in [1.82, 2.24) is 4.98 Å². The van der Waals surface area contributed by atoms with E-state index in [0.29, 0.717) is 18.7 Å². The molecule has 0 fully saturated rings. The molecule has 0 aliphatic carbocycles. The van der Waals surface area contributed by atoms with Crippen molar-refractivity contribution in [3.63, 3.8) is 0 Å². The molecule has 1 aromatic heterocycles. The van der Waals surface area contributed by atoms with Crippen LogP contribution in [0.3, 0.4) is 0 Å². The number of pyridine rings is 1. The first-order valence-corrected chi connectivity index (χ1v) is 6.94. The number of nitrogens with zero attached hydrogens (tertiary/aromatic N) is 3. The number of amides is 1. The summed E-state index contributed by atoms with van der Waals surface area (Å²) in [6, 6.07) is 5.53. The number of hydrogen-bond acceptors (Lipinski definition) is 4. The minimum Gasteiger partial charge on any atom is -0.307 e. The van der Waals surface area contributed by atoms with Gasteiger partial charge in [0.05, 0.1) is 11.4 Å². The highest BCUT2D eigenvalue weighted by Crippen LogP contribution is 2.24. The highest BCUT2D eigenvalue weighted by Gasteiger charge is 2.27. The summed E-state index contributed by atoms with van der Waals surface area (Å²) in [5.41, 5.74) is 3.27. The number of fused-ring (bicyclic) bond motifs is 4. The molecule has 0 saturated heterocycles. The van der Waals surface area contributed by atoms with Gasteiger partial charge in [-0.05, 0) is 26.0 Å². The summed E-state index contributed by atoms with van der Waals surface area (Å²) in [5.74, 6) is 0.452. The zero-order valence-electron chi connectivity index (χ0n) is 12.0. The van der Waals surface area contributed by atoms with Crippen molar-refractivity contribution < 1.29 is 4.79 Å². The van der Waals surface area contributed by atoms with Crippen molar-refractivity contribution in [1.29, 1.82) is 0 Å². The van der Waals surface area contributed by atoms with Gasteiger partial charge < -0.3 is 5.32 Å². The van der Waals surface area contributed by atoms with Crippen LogP contribution in [0.2, 0.25) is 5.82 Å². The molecule has 6 heteroatoms. The number of carbonyl (C=O) groups excluding carboxylic acids is 1. The molecular weight excluding hydrogens is 263 g/mol. The smallest absolute Gasteiger partial charge is 0.255 e. The molecule has 2 aliphatic rings. The summed E-state index contributed by atoms with van der Waals surface area (Å²) in [7, 11) is 0.692. The summed E-state index contributed by atoms with van der Waals surface area (Å²) in [4.78, 5) is 16.9. The standard InChI is InChI=1S/C15H15BN4O/c1-3-9-10(4-2)16-11-8-17-20-14(11)12-6-5-7-13(18-12)19-15(9)21/h3-8,11,16H,1-2H3,(H,18,19,21)/b9-3+,10-4+. The van der Waals surface area contributed by atoms with Crippen LogP contribution in [-0.2, 0) is 4.79 Å². The topological polar surface area (TPSA) is 66.7 Å². The summed E-state index contributed by atoms with van der Waals surface area (Å²) < 4.78 is 0. The van der Waals surface area contributed by atoms with Gasteiger partial charge in [-0.15, -0.1) is 0 Å². The maximum absolute atomic E-state index is 12.4. The molecule has 0 spiro atoms. The van der Waals surface area contributed by atoms with Crippen LogP contribution in [-0.4, -0.2) is 30.1 Å². The van der Waals surface area contributed by atoms with E-state index in [2.05, 4.69) is 20.5 Å². The monoisotopic (exact) mass is 278 g/mol. The van der Waals surface area contributed by atoms with Crippen LogP contribution < -0.4 is 5.32 Å². The second kappa shape index (κ2) is 5.48. The lowest BCUT2D eigenvalue weighted by Gasteiger charge is -2.17.